The number of carbonyl (C=O) groups excluding carboxylic acids is 1. The Morgan fingerprint density at radius 2 is 2.15 bits per heavy atom. The summed E-state index contributed by atoms with van der Waals surface area (Å²) < 4.78 is 0. The molecule has 26 heavy (non-hydrogen) atoms. The Bertz CT molecular complexity index is 731. The quantitative estimate of drug-likeness (QED) is 0.845. The van der Waals surface area contributed by atoms with Gasteiger partial charge in [0, 0.05) is 33.2 Å². The minimum atomic E-state index is 0.0939. The second-order valence-corrected chi connectivity index (χ2v) is 7.93. The van der Waals surface area contributed by atoms with Gasteiger partial charge in [0.2, 0.25) is 0 Å². The summed E-state index contributed by atoms with van der Waals surface area (Å²) in [4.78, 5) is 22.5. The predicted octanol–water partition coefficient (Wildman–Crippen LogP) is 3.27. The van der Waals surface area contributed by atoms with Crippen molar-refractivity contribution in [2.24, 2.45) is 0 Å². The number of piperidine rings is 1. The molecule has 0 aliphatic carbocycles. The summed E-state index contributed by atoms with van der Waals surface area (Å²) in [5.41, 5.74) is 2.19. The summed E-state index contributed by atoms with van der Waals surface area (Å²) in [6.45, 7) is 5.03. The average molecular weight is 373 g/mol. The number of nitrogens with one attached hydrogen (secondary N) is 1. The van der Waals surface area contributed by atoms with E-state index in [1.807, 2.05) is 25.9 Å². The first kappa shape index (κ1) is 18.9. The van der Waals surface area contributed by atoms with E-state index in [4.69, 9.17) is 0 Å². The Kier molecular flexibility index (Phi) is 6.27. The number of thiazole rings is 1. The molecular formula is C20H28N4OS. The molecule has 1 aliphatic heterocycles. The van der Waals surface area contributed by atoms with Gasteiger partial charge in [0.1, 0.15) is 4.88 Å². The standard InChI is InChI=1S/C20H28N4OS/c1-15-18(26-20(21-2)22-15)19(25)23(3)17-10-7-12-24(14-17)13-11-16-8-5-4-6-9-16/h4-6,8-9,17H,7,10-14H2,1-3H3,(H,21,22)/t17-/m1/s1. The molecule has 0 bridgehead atoms. The van der Waals surface area contributed by atoms with Crippen LogP contribution >= 0.6 is 11.3 Å². The van der Waals surface area contributed by atoms with Crippen LogP contribution in [0.1, 0.15) is 33.8 Å². The molecule has 1 saturated heterocycles. The Labute approximate surface area is 160 Å². The molecule has 1 N–H and O–H groups in total. The smallest absolute Gasteiger partial charge is 0.265 e. The van der Waals surface area contributed by atoms with Gasteiger partial charge in [-0.3, -0.25) is 4.79 Å². The van der Waals surface area contributed by atoms with Gasteiger partial charge in [0.15, 0.2) is 5.13 Å². The Hall–Kier alpha value is -1.92. The Balaban J connectivity index is 1.59. The molecule has 2 heterocycles. The lowest BCUT2D eigenvalue weighted by atomic mass is 10.0. The van der Waals surface area contributed by atoms with Gasteiger partial charge < -0.3 is 15.1 Å². The van der Waals surface area contributed by atoms with Crippen molar-refractivity contribution in [2.45, 2.75) is 32.2 Å². The van der Waals surface area contributed by atoms with Gasteiger partial charge in [-0.05, 0) is 38.3 Å². The third kappa shape index (κ3) is 4.43. The Morgan fingerprint density at radius 3 is 2.85 bits per heavy atom. The van der Waals surface area contributed by atoms with Crippen LogP contribution in [0.2, 0.25) is 0 Å². The number of carbonyl (C=O) groups is 1. The van der Waals surface area contributed by atoms with Crippen molar-refractivity contribution < 1.29 is 4.79 Å². The van der Waals surface area contributed by atoms with E-state index in [9.17, 15) is 4.79 Å². The van der Waals surface area contributed by atoms with Crippen LogP contribution < -0.4 is 5.32 Å². The van der Waals surface area contributed by atoms with Gasteiger partial charge in [-0.2, -0.15) is 0 Å². The second-order valence-electron chi connectivity index (χ2n) is 6.93. The highest BCUT2D eigenvalue weighted by Gasteiger charge is 2.28. The fraction of sp³-hybridized carbons (Fsp3) is 0.500. The number of rotatable bonds is 6. The second kappa shape index (κ2) is 8.64. The molecule has 1 atom stereocenters. The Morgan fingerprint density at radius 1 is 1.38 bits per heavy atom. The van der Waals surface area contributed by atoms with Crippen molar-refractivity contribution in [1.82, 2.24) is 14.8 Å². The van der Waals surface area contributed by atoms with Crippen LogP contribution in [0, 0.1) is 6.92 Å². The van der Waals surface area contributed by atoms with Gasteiger partial charge in [0.25, 0.3) is 5.91 Å². The van der Waals surface area contributed by atoms with E-state index < -0.39 is 0 Å². The predicted molar refractivity (Wildman–Crippen MR) is 108 cm³/mol. The van der Waals surface area contributed by atoms with E-state index in [0.29, 0.717) is 0 Å². The van der Waals surface area contributed by atoms with Crippen molar-refractivity contribution in [3.8, 4) is 0 Å². The molecule has 0 saturated carbocycles. The summed E-state index contributed by atoms with van der Waals surface area (Å²) in [7, 11) is 3.77. The van der Waals surface area contributed by atoms with Gasteiger partial charge in [-0.25, -0.2) is 4.98 Å². The van der Waals surface area contributed by atoms with E-state index in [0.717, 1.165) is 54.6 Å². The van der Waals surface area contributed by atoms with Crippen molar-refractivity contribution in [2.75, 3.05) is 39.0 Å². The SMILES string of the molecule is CNc1nc(C)c(C(=O)N(C)[C@@H]2CCCN(CCc3ccccc3)C2)s1. The molecule has 140 valence electrons. The lowest BCUT2D eigenvalue weighted by molar-refractivity contribution is 0.0623. The van der Waals surface area contributed by atoms with Crippen LogP contribution in [-0.2, 0) is 6.42 Å². The average Bonchev–Trinajstić information content (AvgIpc) is 3.07. The first-order chi connectivity index (χ1) is 12.6. The van der Waals surface area contributed by atoms with E-state index >= 15 is 0 Å². The molecular weight excluding hydrogens is 344 g/mol. The zero-order valence-electron chi connectivity index (χ0n) is 15.9. The number of aromatic nitrogens is 1. The zero-order chi connectivity index (χ0) is 18.5. The zero-order valence-corrected chi connectivity index (χ0v) is 16.7. The van der Waals surface area contributed by atoms with Crippen molar-refractivity contribution >= 4 is 22.4 Å². The first-order valence-electron chi connectivity index (χ1n) is 9.27. The normalized spacial score (nSPS) is 17.9. The molecule has 3 rings (SSSR count). The highest BCUT2D eigenvalue weighted by Crippen LogP contribution is 2.25. The van der Waals surface area contributed by atoms with E-state index in [1.165, 1.54) is 16.9 Å². The monoisotopic (exact) mass is 372 g/mol. The fourth-order valence-corrected chi connectivity index (χ4v) is 4.41. The minimum Gasteiger partial charge on any atom is -0.365 e. The molecule has 1 aliphatic rings. The highest BCUT2D eigenvalue weighted by molar-refractivity contribution is 7.17. The maximum Gasteiger partial charge on any atom is 0.265 e. The molecule has 6 heteroatoms. The summed E-state index contributed by atoms with van der Waals surface area (Å²) in [5.74, 6) is 0.0939. The summed E-state index contributed by atoms with van der Waals surface area (Å²) in [6.07, 6.45) is 3.27. The number of anilines is 1. The van der Waals surface area contributed by atoms with Gasteiger partial charge in [-0.15, -0.1) is 0 Å². The number of likely N-dealkylation sites (N-methyl/N-ethyl adjacent to an activating group) is 1. The third-order valence-corrected chi connectivity index (χ3v) is 6.28. The number of hydrogen-bond donors (Lipinski definition) is 1. The van der Waals surface area contributed by atoms with Crippen LogP contribution in [0.3, 0.4) is 0 Å². The maximum absolute atomic E-state index is 12.9. The highest BCUT2D eigenvalue weighted by atomic mass is 32.1. The van der Waals surface area contributed by atoms with E-state index in [1.54, 1.807) is 0 Å². The van der Waals surface area contributed by atoms with Crippen LogP contribution in [0.4, 0.5) is 5.13 Å². The number of amides is 1. The van der Waals surface area contributed by atoms with E-state index in [-0.39, 0.29) is 11.9 Å². The van der Waals surface area contributed by atoms with Gasteiger partial charge in [0.05, 0.1) is 5.69 Å². The van der Waals surface area contributed by atoms with Gasteiger partial charge in [-0.1, -0.05) is 41.7 Å². The third-order valence-electron chi connectivity index (χ3n) is 5.11. The largest absolute Gasteiger partial charge is 0.365 e. The van der Waals surface area contributed by atoms with Gasteiger partial charge >= 0.3 is 0 Å². The summed E-state index contributed by atoms with van der Waals surface area (Å²) in [5, 5.41) is 3.83. The summed E-state index contributed by atoms with van der Waals surface area (Å²) in [6, 6.07) is 10.9. The molecule has 1 aromatic carbocycles. The fourth-order valence-electron chi connectivity index (χ4n) is 3.51. The molecule has 1 fully saturated rings. The van der Waals surface area contributed by atoms with Crippen LogP contribution in [0.25, 0.3) is 0 Å². The van der Waals surface area contributed by atoms with Crippen LogP contribution in [0.15, 0.2) is 30.3 Å². The van der Waals surface area contributed by atoms with Crippen LogP contribution in [-0.4, -0.2) is 60.5 Å². The number of likely N-dealkylation sites (tertiary alicyclic amines) is 1. The maximum atomic E-state index is 12.9. The molecule has 1 amide bonds. The number of aryl methyl sites for hydroxylation is 1. The lowest BCUT2D eigenvalue weighted by Crippen LogP contribution is -2.48. The molecule has 5 nitrogen and oxygen atoms in total. The number of benzene rings is 1. The molecule has 0 radical (unpaired) electrons. The number of hydrogen-bond acceptors (Lipinski definition) is 5. The molecule has 0 spiro atoms. The topological polar surface area (TPSA) is 48.5 Å². The van der Waals surface area contributed by atoms with E-state index in [2.05, 4.69) is 45.5 Å². The molecule has 1 aromatic heterocycles. The van der Waals surface area contributed by atoms with Crippen molar-refractivity contribution in [3.05, 3.63) is 46.5 Å². The lowest BCUT2D eigenvalue weighted by Gasteiger charge is -2.37. The summed E-state index contributed by atoms with van der Waals surface area (Å²) >= 11 is 1.44. The van der Waals surface area contributed by atoms with Crippen molar-refractivity contribution in [3.63, 3.8) is 0 Å². The van der Waals surface area contributed by atoms with Crippen LogP contribution in [0.5, 0.6) is 0 Å². The minimum absolute atomic E-state index is 0.0939. The first-order valence-corrected chi connectivity index (χ1v) is 10.1. The number of nitrogens with zero attached hydrogens (tertiary/aromatic N) is 3. The molecule has 2 aromatic rings. The molecule has 0 unspecified atom stereocenters. The van der Waals surface area contributed by atoms with Crippen molar-refractivity contribution in [1.29, 1.82) is 0 Å².